The summed E-state index contributed by atoms with van der Waals surface area (Å²) in [5.74, 6) is -1.35. The quantitative estimate of drug-likeness (QED) is 0.444. The Morgan fingerprint density at radius 1 is 1.29 bits per heavy atom. The summed E-state index contributed by atoms with van der Waals surface area (Å²) in [5, 5.41) is 19.0. The number of nitrogens with zero attached hydrogens (tertiary/aromatic N) is 1. The lowest BCUT2D eigenvalue weighted by atomic mass is 9.89. The van der Waals surface area contributed by atoms with Crippen LogP contribution in [-0.2, 0) is 22.4 Å². The largest absolute Gasteiger partial charge is 0.495 e. The molecule has 0 fully saturated rings. The fourth-order valence-corrected chi connectivity index (χ4v) is 3.06. The van der Waals surface area contributed by atoms with E-state index in [4.69, 9.17) is 27.2 Å². The molecule has 0 saturated carbocycles. The summed E-state index contributed by atoms with van der Waals surface area (Å²) in [6, 6.07) is 7.83. The van der Waals surface area contributed by atoms with E-state index in [1.165, 1.54) is 11.4 Å². The van der Waals surface area contributed by atoms with Crippen LogP contribution >= 0.6 is 12.2 Å². The second-order valence-electron chi connectivity index (χ2n) is 5.97. The van der Waals surface area contributed by atoms with Gasteiger partial charge in [0, 0.05) is 23.8 Å². The summed E-state index contributed by atoms with van der Waals surface area (Å²) in [7, 11) is 1.67. The van der Waals surface area contributed by atoms with Crippen molar-refractivity contribution in [2.24, 2.45) is 5.92 Å². The monoisotopic (exact) mass is 403 g/mol. The molecule has 9 heteroatoms. The molecule has 28 heavy (non-hydrogen) atoms. The van der Waals surface area contributed by atoms with Crippen molar-refractivity contribution in [3.8, 4) is 5.75 Å². The summed E-state index contributed by atoms with van der Waals surface area (Å²) in [6.45, 7) is 0. The SMILES string of the molecule is COc1ccccc1NC(=S)C1CCc2nc[nH]c2C1.O=C(O)/C=C/C(=O)O. The molecule has 1 unspecified atom stereocenters. The van der Waals surface area contributed by atoms with Crippen molar-refractivity contribution < 1.29 is 24.5 Å². The van der Waals surface area contributed by atoms with E-state index in [-0.39, 0.29) is 0 Å². The van der Waals surface area contributed by atoms with Gasteiger partial charge >= 0.3 is 11.9 Å². The lowest BCUT2D eigenvalue weighted by Crippen LogP contribution is -2.26. The lowest BCUT2D eigenvalue weighted by molar-refractivity contribution is -0.134. The first kappa shape index (κ1) is 21.1. The number of fused-ring (bicyclic) bond motifs is 1. The number of aromatic nitrogens is 2. The Balaban J connectivity index is 0.000000300. The molecule has 3 rings (SSSR count). The van der Waals surface area contributed by atoms with E-state index in [0.717, 1.165) is 35.7 Å². The van der Waals surface area contributed by atoms with Crippen LogP contribution in [-0.4, -0.2) is 44.2 Å². The van der Waals surface area contributed by atoms with Crippen molar-refractivity contribution in [3.05, 3.63) is 54.1 Å². The average Bonchev–Trinajstić information content (AvgIpc) is 3.15. The van der Waals surface area contributed by atoms with E-state index in [2.05, 4.69) is 15.3 Å². The number of para-hydroxylation sites is 2. The number of carboxylic acids is 2. The summed E-state index contributed by atoms with van der Waals surface area (Å²) in [5.41, 5.74) is 3.32. The molecular formula is C19H21N3O5S. The molecule has 1 aliphatic carbocycles. The van der Waals surface area contributed by atoms with E-state index in [1.807, 2.05) is 24.3 Å². The van der Waals surface area contributed by atoms with Gasteiger partial charge in [-0.2, -0.15) is 0 Å². The molecule has 1 aromatic heterocycles. The smallest absolute Gasteiger partial charge is 0.328 e. The second-order valence-corrected chi connectivity index (χ2v) is 6.41. The van der Waals surface area contributed by atoms with Gasteiger partial charge in [0.1, 0.15) is 5.75 Å². The number of thiocarbonyl (C=S) groups is 1. The lowest BCUT2D eigenvalue weighted by Gasteiger charge is -2.23. The molecule has 0 radical (unpaired) electrons. The van der Waals surface area contributed by atoms with Crippen LogP contribution < -0.4 is 10.1 Å². The molecule has 1 atom stereocenters. The molecule has 4 N–H and O–H groups in total. The van der Waals surface area contributed by atoms with Gasteiger partial charge in [-0.15, -0.1) is 0 Å². The molecule has 0 amide bonds. The molecule has 1 heterocycles. The van der Waals surface area contributed by atoms with Crippen LogP contribution in [0.3, 0.4) is 0 Å². The minimum absolute atomic E-state index is 0.350. The number of methoxy groups -OCH3 is 1. The van der Waals surface area contributed by atoms with E-state index < -0.39 is 11.9 Å². The molecule has 148 valence electrons. The number of benzene rings is 1. The van der Waals surface area contributed by atoms with Crippen molar-refractivity contribution in [2.75, 3.05) is 12.4 Å². The van der Waals surface area contributed by atoms with Gasteiger partial charge in [-0.3, -0.25) is 0 Å². The maximum atomic E-state index is 9.55. The summed E-state index contributed by atoms with van der Waals surface area (Å²) in [6.07, 6.45) is 5.83. The van der Waals surface area contributed by atoms with Crippen LogP contribution in [0.2, 0.25) is 0 Å². The number of hydrogen-bond acceptors (Lipinski definition) is 5. The summed E-state index contributed by atoms with van der Waals surface area (Å²) >= 11 is 5.57. The molecule has 1 aliphatic rings. The molecule has 1 aromatic carbocycles. The maximum absolute atomic E-state index is 9.55. The van der Waals surface area contributed by atoms with Crippen LogP contribution in [0.15, 0.2) is 42.7 Å². The van der Waals surface area contributed by atoms with Gasteiger partial charge < -0.3 is 25.3 Å². The number of aliphatic carboxylic acids is 2. The van der Waals surface area contributed by atoms with Crippen LogP contribution in [0.1, 0.15) is 17.8 Å². The normalized spacial score (nSPS) is 15.1. The minimum atomic E-state index is -1.26. The zero-order valence-corrected chi connectivity index (χ0v) is 16.0. The highest BCUT2D eigenvalue weighted by Crippen LogP contribution is 2.28. The first-order chi connectivity index (χ1) is 13.4. The highest BCUT2D eigenvalue weighted by Gasteiger charge is 2.24. The van der Waals surface area contributed by atoms with Gasteiger partial charge in [-0.1, -0.05) is 24.4 Å². The van der Waals surface area contributed by atoms with E-state index in [1.54, 1.807) is 13.4 Å². The van der Waals surface area contributed by atoms with E-state index >= 15 is 0 Å². The number of carboxylic acid groups (broad SMARTS) is 2. The number of ether oxygens (including phenoxy) is 1. The number of aryl methyl sites for hydroxylation is 1. The first-order valence-electron chi connectivity index (χ1n) is 8.49. The molecule has 8 nitrogen and oxygen atoms in total. The van der Waals surface area contributed by atoms with Gasteiger partial charge in [0.25, 0.3) is 0 Å². The highest BCUT2D eigenvalue weighted by atomic mass is 32.1. The average molecular weight is 403 g/mol. The Morgan fingerprint density at radius 3 is 2.61 bits per heavy atom. The van der Waals surface area contributed by atoms with Gasteiger partial charge in [-0.25, -0.2) is 14.6 Å². The first-order valence-corrected chi connectivity index (χ1v) is 8.90. The van der Waals surface area contributed by atoms with E-state index in [9.17, 15) is 9.59 Å². The fourth-order valence-electron chi connectivity index (χ4n) is 2.75. The van der Waals surface area contributed by atoms with Gasteiger partial charge in [0.15, 0.2) is 0 Å². The molecular weight excluding hydrogens is 382 g/mol. The molecule has 0 spiro atoms. The Labute approximate surface area is 167 Å². The Bertz CT molecular complexity index is 862. The van der Waals surface area contributed by atoms with Gasteiger partial charge in [-0.05, 0) is 31.4 Å². The number of H-pyrrole nitrogens is 1. The zero-order chi connectivity index (χ0) is 20.5. The van der Waals surface area contributed by atoms with Crippen LogP contribution in [0.4, 0.5) is 5.69 Å². The molecule has 0 aliphatic heterocycles. The van der Waals surface area contributed by atoms with Crippen molar-refractivity contribution in [2.45, 2.75) is 19.3 Å². The van der Waals surface area contributed by atoms with E-state index in [0.29, 0.717) is 18.1 Å². The zero-order valence-electron chi connectivity index (χ0n) is 15.2. The predicted molar refractivity (Wildman–Crippen MR) is 108 cm³/mol. The van der Waals surface area contributed by atoms with Gasteiger partial charge in [0.2, 0.25) is 0 Å². The summed E-state index contributed by atoms with van der Waals surface area (Å²) in [4.78, 5) is 27.5. The number of anilines is 1. The second kappa shape index (κ2) is 10.2. The van der Waals surface area contributed by atoms with Crippen molar-refractivity contribution >= 4 is 34.8 Å². The number of carbonyl (C=O) groups is 2. The molecule has 0 saturated heterocycles. The van der Waals surface area contributed by atoms with Crippen molar-refractivity contribution in [3.63, 3.8) is 0 Å². The predicted octanol–water partition coefficient (Wildman–Crippen LogP) is 2.67. The molecule has 0 bridgehead atoms. The number of aromatic amines is 1. The number of rotatable bonds is 5. The standard InChI is InChI=1S/C15H17N3OS.C4H4O4/c1-19-14-5-3-2-4-12(14)18-15(20)10-6-7-11-13(8-10)17-9-16-11;5-3(6)1-2-4(7)8/h2-5,9-10H,6-8H2,1H3,(H,16,17)(H,18,20);1-2H,(H,5,6)(H,7,8)/b;2-1+. The van der Waals surface area contributed by atoms with Crippen molar-refractivity contribution in [1.82, 2.24) is 9.97 Å². The third-order valence-corrected chi connectivity index (χ3v) is 4.53. The maximum Gasteiger partial charge on any atom is 0.328 e. The van der Waals surface area contributed by atoms with Crippen LogP contribution in [0.5, 0.6) is 5.75 Å². The third kappa shape index (κ3) is 6.20. The number of imidazole rings is 1. The highest BCUT2D eigenvalue weighted by molar-refractivity contribution is 7.80. The van der Waals surface area contributed by atoms with Crippen LogP contribution in [0, 0.1) is 5.92 Å². The molecule has 2 aromatic rings. The Morgan fingerprint density at radius 2 is 1.96 bits per heavy atom. The Kier molecular flexibility index (Phi) is 7.70. The third-order valence-electron chi connectivity index (χ3n) is 4.09. The van der Waals surface area contributed by atoms with Crippen molar-refractivity contribution in [1.29, 1.82) is 0 Å². The minimum Gasteiger partial charge on any atom is -0.495 e. The topological polar surface area (TPSA) is 125 Å². The number of hydrogen-bond donors (Lipinski definition) is 4. The van der Waals surface area contributed by atoms with Gasteiger partial charge in [0.05, 0.1) is 29.8 Å². The Hall–Kier alpha value is -3.20. The van der Waals surface area contributed by atoms with Crippen LogP contribution in [0.25, 0.3) is 0 Å². The number of nitrogens with one attached hydrogen (secondary N) is 2. The fraction of sp³-hybridized carbons (Fsp3) is 0.263. The summed E-state index contributed by atoms with van der Waals surface area (Å²) < 4.78 is 5.34.